The lowest BCUT2D eigenvalue weighted by Gasteiger charge is -1.95. The third kappa shape index (κ3) is 3.15. The molecule has 0 saturated heterocycles. The fourth-order valence-corrected chi connectivity index (χ4v) is 3.83. The van der Waals surface area contributed by atoms with E-state index in [2.05, 4.69) is 46.4 Å². The van der Waals surface area contributed by atoms with Crippen molar-refractivity contribution in [3.63, 3.8) is 0 Å². The van der Waals surface area contributed by atoms with Crippen molar-refractivity contribution in [2.45, 2.75) is 13.0 Å². The van der Waals surface area contributed by atoms with Crippen LogP contribution in [0.25, 0.3) is 11.3 Å². The summed E-state index contributed by atoms with van der Waals surface area (Å²) < 4.78 is 0. The number of thiophene rings is 1. The van der Waals surface area contributed by atoms with Crippen LogP contribution in [0.1, 0.15) is 15.4 Å². The van der Waals surface area contributed by atoms with E-state index < -0.39 is 0 Å². The fraction of sp³-hybridized carbons (Fsp3) is 0.188. The Balaban J connectivity index is 1.73. The molecule has 0 aliphatic heterocycles. The second kappa shape index (κ2) is 6.31. The summed E-state index contributed by atoms with van der Waals surface area (Å²) in [6, 6.07) is 12.6. The first-order chi connectivity index (χ1) is 9.85. The molecule has 1 N–H and O–H groups in total. The number of hydrogen-bond acceptors (Lipinski definition) is 4. The smallest absolute Gasteiger partial charge is 0.0976 e. The standard InChI is InChI=1S/C16H16N2S2/c1-17-9-14-7-12(10-19-14)8-16-18-15(11-20-16)13-5-3-2-4-6-13/h2-7,10-11,17H,8-9H2,1H3. The van der Waals surface area contributed by atoms with Gasteiger partial charge in [0, 0.05) is 28.8 Å². The van der Waals surface area contributed by atoms with Gasteiger partial charge in [0.05, 0.1) is 10.7 Å². The lowest BCUT2D eigenvalue weighted by molar-refractivity contribution is 0.830. The highest BCUT2D eigenvalue weighted by molar-refractivity contribution is 7.10. The molecule has 0 unspecified atom stereocenters. The van der Waals surface area contributed by atoms with Crippen molar-refractivity contribution >= 4 is 22.7 Å². The van der Waals surface area contributed by atoms with Crippen LogP contribution < -0.4 is 5.32 Å². The van der Waals surface area contributed by atoms with Crippen LogP contribution in [0, 0.1) is 0 Å². The van der Waals surface area contributed by atoms with Crippen LogP contribution in [0.5, 0.6) is 0 Å². The average Bonchev–Trinajstić information content (AvgIpc) is 3.11. The van der Waals surface area contributed by atoms with Crippen LogP contribution in [-0.2, 0) is 13.0 Å². The quantitative estimate of drug-likeness (QED) is 0.764. The fourth-order valence-electron chi connectivity index (χ4n) is 2.09. The minimum absolute atomic E-state index is 0.928. The maximum Gasteiger partial charge on any atom is 0.0976 e. The summed E-state index contributed by atoms with van der Waals surface area (Å²) >= 11 is 3.55. The predicted molar refractivity (Wildman–Crippen MR) is 87.4 cm³/mol. The summed E-state index contributed by atoms with van der Waals surface area (Å²) in [5.41, 5.74) is 3.63. The summed E-state index contributed by atoms with van der Waals surface area (Å²) in [6.07, 6.45) is 0.928. The Morgan fingerprint density at radius 1 is 1.10 bits per heavy atom. The van der Waals surface area contributed by atoms with Crippen LogP contribution in [-0.4, -0.2) is 12.0 Å². The molecule has 0 atom stereocenters. The van der Waals surface area contributed by atoms with Gasteiger partial charge in [0.15, 0.2) is 0 Å². The van der Waals surface area contributed by atoms with Gasteiger partial charge in [-0.15, -0.1) is 22.7 Å². The molecule has 0 saturated carbocycles. The van der Waals surface area contributed by atoms with E-state index in [1.54, 1.807) is 11.3 Å². The molecule has 2 nitrogen and oxygen atoms in total. The minimum Gasteiger partial charge on any atom is -0.315 e. The van der Waals surface area contributed by atoms with Crippen molar-refractivity contribution in [1.82, 2.24) is 10.3 Å². The third-order valence-corrected chi connectivity index (χ3v) is 4.87. The number of aromatic nitrogens is 1. The molecule has 0 spiro atoms. The Bertz CT molecular complexity index is 671. The van der Waals surface area contributed by atoms with Gasteiger partial charge in [-0.2, -0.15) is 0 Å². The summed E-state index contributed by atoms with van der Waals surface area (Å²) in [4.78, 5) is 6.12. The summed E-state index contributed by atoms with van der Waals surface area (Å²) in [5.74, 6) is 0. The average molecular weight is 300 g/mol. The van der Waals surface area contributed by atoms with Gasteiger partial charge in [0.25, 0.3) is 0 Å². The van der Waals surface area contributed by atoms with E-state index in [0.717, 1.165) is 18.7 Å². The Morgan fingerprint density at radius 2 is 1.95 bits per heavy atom. The van der Waals surface area contributed by atoms with Crippen LogP contribution >= 0.6 is 22.7 Å². The van der Waals surface area contributed by atoms with Crippen LogP contribution in [0.15, 0.2) is 47.2 Å². The van der Waals surface area contributed by atoms with Gasteiger partial charge in [-0.1, -0.05) is 30.3 Å². The zero-order valence-corrected chi connectivity index (χ0v) is 12.9. The third-order valence-electron chi connectivity index (χ3n) is 3.04. The topological polar surface area (TPSA) is 24.9 Å². The molecule has 2 heterocycles. The van der Waals surface area contributed by atoms with E-state index >= 15 is 0 Å². The Kier molecular flexibility index (Phi) is 4.25. The van der Waals surface area contributed by atoms with Crippen LogP contribution in [0.2, 0.25) is 0 Å². The molecule has 0 radical (unpaired) electrons. The molecule has 0 bridgehead atoms. The maximum atomic E-state index is 4.74. The second-order valence-electron chi connectivity index (χ2n) is 4.62. The minimum atomic E-state index is 0.928. The van der Waals surface area contributed by atoms with Crippen molar-refractivity contribution in [2.75, 3.05) is 7.05 Å². The first-order valence-electron chi connectivity index (χ1n) is 6.56. The SMILES string of the molecule is CNCc1cc(Cc2nc(-c3ccccc3)cs2)cs1. The first-order valence-corrected chi connectivity index (χ1v) is 8.32. The van der Waals surface area contributed by atoms with E-state index in [0.29, 0.717) is 0 Å². The van der Waals surface area contributed by atoms with Crippen molar-refractivity contribution in [3.05, 3.63) is 62.6 Å². The number of nitrogens with one attached hydrogen (secondary N) is 1. The molecule has 0 aliphatic rings. The van der Waals surface area contributed by atoms with Gasteiger partial charge in [-0.3, -0.25) is 0 Å². The highest BCUT2D eigenvalue weighted by Crippen LogP contribution is 2.24. The van der Waals surface area contributed by atoms with E-state index in [9.17, 15) is 0 Å². The van der Waals surface area contributed by atoms with E-state index in [1.807, 2.05) is 24.5 Å². The van der Waals surface area contributed by atoms with Gasteiger partial charge in [0.1, 0.15) is 0 Å². The largest absolute Gasteiger partial charge is 0.315 e. The molecule has 2 aromatic heterocycles. The van der Waals surface area contributed by atoms with E-state index in [4.69, 9.17) is 4.98 Å². The van der Waals surface area contributed by atoms with Crippen molar-refractivity contribution in [2.24, 2.45) is 0 Å². The number of nitrogens with zero attached hydrogens (tertiary/aromatic N) is 1. The lowest BCUT2D eigenvalue weighted by atomic mass is 10.2. The number of hydrogen-bond donors (Lipinski definition) is 1. The van der Waals surface area contributed by atoms with Crippen molar-refractivity contribution in [1.29, 1.82) is 0 Å². The molecule has 0 aliphatic carbocycles. The molecule has 3 aromatic rings. The molecular weight excluding hydrogens is 284 g/mol. The molecule has 0 amide bonds. The van der Waals surface area contributed by atoms with Crippen molar-refractivity contribution < 1.29 is 0 Å². The summed E-state index contributed by atoms with van der Waals surface area (Å²) in [6.45, 7) is 0.942. The number of rotatable bonds is 5. The summed E-state index contributed by atoms with van der Waals surface area (Å²) in [7, 11) is 1.98. The Hall–Kier alpha value is -1.49. The predicted octanol–water partition coefficient (Wildman–Crippen LogP) is 4.18. The molecule has 102 valence electrons. The van der Waals surface area contributed by atoms with Crippen molar-refractivity contribution in [3.8, 4) is 11.3 Å². The molecule has 3 rings (SSSR count). The second-order valence-corrected chi connectivity index (χ2v) is 6.56. The zero-order chi connectivity index (χ0) is 13.8. The Morgan fingerprint density at radius 3 is 2.75 bits per heavy atom. The number of benzene rings is 1. The first kappa shape index (κ1) is 13.5. The van der Waals surface area contributed by atoms with Gasteiger partial charge in [-0.05, 0) is 24.1 Å². The molecule has 1 aromatic carbocycles. The van der Waals surface area contributed by atoms with Crippen LogP contribution in [0.3, 0.4) is 0 Å². The molecule has 0 fully saturated rings. The molecule has 4 heteroatoms. The maximum absolute atomic E-state index is 4.74. The number of thiazole rings is 1. The highest BCUT2D eigenvalue weighted by Gasteiger charge is 2.06. The van der Waals surface area contributed by atoms with Gasteiger partial charge >= 0.3 is 0 Å². The van der Waals surface area contributed by atoms with E-state index in [-0.39, 0.29) is 0 Å². The highest BCUT2D eigenvalue weighted by atomic mass is 32.1. The van der Waals surface area contributed by atoms with E-state index in [1.165, 1.54) is 21.0 Å². The normalized spacial score (nSPS) is 10.8. The lowest BCUT2D eigenvalue weighted by Crippen LogP contribution is -2.02. The monoisotopic (exact) mass is 300 g/mol. The Labute approximate surface area is 127 Å². The van der Waals surface area contributed by atoms with Crippen LogP contribution in [0.4, 0.5) is 0 Å². The molecule has 20 heavy (non-hydrogen) atoms. The molecular formula is C16H16N2S2. The van der Waals surface area contributed by atoms with Gasteiger partial charge in [0.2, 0.25) is 0 Å². The summed E-state index contributed by atoms with van der Waals surface area (Å²) in [5, 5.41) is 8.74. The van der Waals surface area contributed by atoms with Gasteiger partial charge < -0.3 is 5.32 Å². The van der Waals surface area contributed by atoms with Gasteiger partial charge in [-0.25, -0.2) is 4.98 Å². The zero-order valence-electron chi connectivity index (χ0n) is 11.3.